The van der Waals surface area contributed by atoms with Gasteiger partial charge in [0.15, 0.2) is 0 Å². The van der Waals surface area contributed by atoms with Gasteiger partial charge in [-0.2, -0.15) is 0 Å². The van der Waals surface area contributed by atoms with Crippen molar-refractivity contribution in [1.29, 1.82) is 0 Å². The van der Waals surface area contributed by atoms with Gasteiger partial charge in [-0.25, -0.2) is 0 Å². The van der Waals surface area contributed by atoms with Gasteiger partial charge >= 0.3 is 0 Å². The van der Waals surface area contributed by atoms with Crippen molar-refractivity contribution in [2.24, 2.45) is 0 Å². The molecular weight excluding hydrogens is 286 g/mol. The van der Waals surface area contributed by atoms with E-state index < -0.39 is 0 Å². The molecule has 0 aliphatic heterocycles. The molecule has 0 aliphatic rings. The molecule has 0 saturated carbocycles. The Morgan fingerprint density at radius 1 is 1.10 bits per heavy atom. The first-order valence-corrected chi connectivity index (χ1v) is 8.06. The molecule has 1 aromatic rings. The smallest absolute Gasteiger partial charge is 0.0700 e. The van der Waals surface area contributed by atoms with Crippen molar-refractivity contribution in [3.8, 4) is 0 Å². The summed E-state index contributed by atoms with van der Waals surface area (Å²) >= 11 is 5.97. The molecule has 0 radical (unpaired) electrons. The zero-order chi connectivity index (χ0) is 15.5. The van der Waals surface area contributed by atoms with Crippen LogP contribution in [0.15, 0.2) is 24.3 Å². The lowest BCUT2D eigenvalue weighted by Crippen LogP contribution is -2.28. The number of nitrogens with one attached hydrogen (secondary N) is 1. The third-order valence-electron chi connectivity index (χ3n) is 3.39. The lowest BCUT2D eigenvalue weighted by atomic mass is 9.94. The molecule has 0 spiro atoms. The topological polar surface area (TPSA) is 30.5 Å². The predicted molar refractivity (Wildman–Crippen MR) is 89.3 cm³/mol. The highest BCUT2D eigenvalue weighted by molar-refractivity contribution is 6.30. The van der Waals surface area contributed by atoms with Crippen LogP contribution >= 0.6 is 11.6 Å². The first-order valence-electron chi connectivity index (χ1n) is 7.69. The summed E-state index contributed by atoms with van der Waals surface area (Å²) in [5.41, 5.74) is 1.34. The van der Waals surface area contributed by atoms with E-state index in [1.807, 2.05) is 12.1 Å². The fraction of sp³-hybridized carbons (Fsp3) is 0.647. The Bertz CT molecular complexity index is 368. The number of halogens is 1. The number of hydrogen-bond acceptors (Lipinski definition) is 3. The van der Waals surface area contributed by atoms with Gasteiger partial charge in [-0.15, -0.1) is 0 Å². The first-order chi connectivity index (χ1) is 10.1. The number of ether oxygens (including phenoxy) is 2. The monoisotopic (exact) mass is 313 g/mol. The Labute approximate surface area is 134 Å². The van der Waals surface area contributed by atoms with E-state index in [4.69, 9.17) is 21.1 Å². The van der Waals surface area contributed by atoms with Crippen molar-refractivity contribution in [1.82, 2.24) is 5.32 Å². The van der Waals surface area contributed by atoms with Gasteiger partial charge in [-0.05, 0) is 36.5 Å². The lowest BCUT2D eigenvalue weighted by Gasteiger charge is -2.20. The fourth-order valence-corrected chi connectivity index (χ4v) is 2.30. The minimum atomic E-state index is 0.496. The van der Waals surface area contributed by atoms with Gasteiger partial charge in [0, 0.05) is 31.3 Å². The van der Waals surface area contributed by atoms with Gasteiger partial charge in [0.25, 0.3) is 0 Å². The van der Waals surface area contributed by atoms with Crippen molar-refractivity contribution in [2.75, 3.05) is 33.5 Å². The van der Waals surface area contributed by atoms with Crippen molar-refractivity contribution < 1.29 is 9.47 Å². The van der Waals surface area contributed by atoms with Crippen molar-refractivity contribution in [3.63, 3.8) is 0 Å². The standard InChI is InChI=1S/C17H28ClNO2/c1-14(2)19-13-16(5-4-10-21-12-11-20-3)15-6-8-17(18)9-7-15/h6-9,14,16,19H,4-5,10-13H2,1-3H3. The molecule has 1 unspecified atom stereocenters. The van der Waals surface area contributed by atoms with E-state index in [1.54, 1.807) is 7.11 Å². The van der Waals surface area contributed by atoms with E-state index >= 15 is 0 Å². The highest BCUT2D eigenvalue weighted by atomic mass is 35.5. The van der Waals surface area contributed by atoms with Gasteiger partial charge in [-0.1, -0.05) is 37.6 Å². The maximum atomic E-state index is 5.97. The Morgan fingerprint density at radius 3 is 2.43 bits per heavy atom. The quantitative estimate of drug-likeness (QED) is 0.629. The van der Waals surface area contributed by atoms with Crippen molar-refractivity contribution in [2.45, 2.75) is 38.6 Å². The Kier molecular flexibility index (Phi) is 9.68. The minimum Gasteiger partial charge on any atom is -0.382 e. The number of methoxy groups -OCH3 is 1. The molecular formula is C17H28ClNO2. The maximum absolute atomic E-state index is 5.97. The van der Waals surface area contributed by atoms with Gasteiger partial charge in [-0.3, -0.25) is 0 Å². The van der Waals surface area contributed by atoms with Crippen LogP contribution in [0.4, 0.5) is 0 Å². The van der Waals surface area contributed by atoms with Crippen LogP contribution in [0.1, 0.15) is 38.2 Å². The van der Waals surface area contributed by atoms with Gasteiger partial charge in [0.1, 0.15) is 0 Å². The fourth-order valence-electron chi connectivity index (χ4n) is 2.18. The zero-order valence-corrected chi connectivity index (χ0v) is 14.2. The Morgan fingerprint density at radius 2 is 1.81 bits per heavy atom. The maximum Gasteiger partial charge on any atom is 0.0700 e. The molecule has 21 heavy (non-hydrogen) atoms. The second kappa shape index (κ2) is 11.0. The molecule has 120 valence electrons. The molecule has 0 aliphatic carbocycles. The Balaban J connectivity index is 2.42. The van der Waals surface area contributed by atoms with E-state index in [-0.39, 0.29) is 0 Å². The van der Waals surface area contributed by atoms with E-state index in [1.165, 1.54) is 5.56 Å². The molecule has 4 heteroatoms. The van der Waals surface area contributed by atoms with Crippen LogP contribution in [0.2, 0.25) is 5.02 Å². The second-order valence-corrected chi connectivity index (χ2v) is 6.00. The van der Waals surface area contributed by atoms with Crippen LogP contribution in [-0.4, -0.2) is 39.5 Å². The second-order valence-electron chi connectivity index (χ2n) is 5.56. The third-order valence-corrected chi connectivity index (χ3v) is 3.64. The summed E-state index contributed by atoms with van der Waals surface area (Å²) < 4.78 is 10.5. The highest BCUT2D eigenvalue weighted by Crippen LogP contribution is 2.22. The molecule has 0 aromatic heterocycles. The molecule has 0 bridgehead atoms. The molecule has 0 amide bonds. The number of benzene rings is 1. The van der Waals surface area contributed by atoms with Crippen LogP contribution in [0.5, 0.6) is 0 Å². The number of rotatable bonds is 11. The molecule has 1 aromatic carbocycles. The molecule has 1 N–H and O–H groups in total. The van der Waals surface area contributed by atoms with Crippen LogP contribution in [0, 0.1) is 0 Å². The van der Waals surface area contributed by atoms with Crippen LogP contribution in [-0.2, 0) is 9.47 Å². The first kappa shape index (κ1) is 18.4. The number of hydrogen-bond donors (Lipinski definition) is 1. The summed E-state index contributed by atoms with van der Waals surface area (Å²) in [6.07, 6.45) is 2.16. The van der Waals surface area contributed by atoms with Gasteiger partial charge in [0.2, 0.25) is 0 Å². The van der Waals surface area contributed by atoms with Crippen LogP contribution < -0.4 is 5.32 Å². The predicted octanol–water partition coefficient (Wildman–Crippen LogP) is 3.86. The normalized spacial score (nSPS) is 12.8. The molecule has 0 fully saturated rings. The largest absolute Gasteiger partial charge is 0.382 e. The zero-order valence-electron chi connectivity index (χ0n) is 13.4. The summed E-state index contributed by atoms with van der Waals surface area (Å²) in [5.74, 6) is 0.496. The Hall–Kier alpha value is -0.610. The summed E-state index contributed by atoms with van der Waals surface area (Å²) in [4.78, 5) is 0. The van der Waals surface area contributed by atoms with Gasteiger partial charge in [0.05, 0.1) is 13.2 Å². The highest BCUT2D eigenvalue weighted by Gasteiger charge is 2.12. The average Bonchev–Trinajstić information content (AvgIpc) is 2.46. The van der Waals surface area contributed by atoms with Crippen LogP contribution in [0.3, 0.4) is 0 Å². The van der Waals surface area contributed by atoms with Crippen molar-refractivity contribution >= 4 is 11.6 Å². The summed E-state index contributed by atoms with van der Waals surface area (Å²) in [5, 5.41) is 4.32. The lowest BCUT2D eigenvalue weighted by molar-refractivity contribution is 0.0681. The molecule has 0 heterocycles. The summed E-state index contributed by atoms with van der Waals surface area (Å²) in [6, 6.07) is 8.68. The molecule has 1 atom stereocenters. The van der Waals surface area contributed by atoms with E-state index in [0.29, 0.717) is 25.2 Å². The molecule has 0 saturated heterocycles. The summed E-state index contributed by atoms with van der Waals surface area (Å²) in [7, 11) is 1.69. The van der Waals surface area contributed by atoms with E-state index in [9.17, 15) is 0 Å². The van der Waals surface area contributed by atoms with Crippen molar-refractivity contribution in [3.05, 3.63) is 34.9 Å². The molecule has 1 rings (SSSR count). The minimum absolute atomic E-state index is 0.496. The van der Waals surface area contributed by atoms with Gasteiger partial charge < -0.3 is 14.8 Å². The van der Waals surface area contributed by atoms with Crippen LogP contribution in [0.25, 0.3) is 0 Å². The average molecular weight is 314 g/mol. The third kappa shape index (κ3) is 8.42. The van der Waals surface area contributed by atoms with E-state index in [0.717, 1.165) is 31.0 Å². The van der Waals surface area contributed by atoms with E-state index in [2.05, 4.69) is 31.3 Å². The SMILES string of the molecule is COCCOCCCC(CNC(C)C)c1ccc(Cl)cc1. The summed E-state index contributed by atoms with van der Waals surface area (Å²) in [6.45, 7) is 7.45. The molecule has 3 nitrogen and oxygen atoms in total.